The summed E-state index contributed by atoms with van der Waals surface area (Å²) in [6, 6.07) is 15.7. The maximum Gasteiger partial charge on any atom is 0.325 e. The highest BCUT2D eigenvalue weighted by Gasteiger charge is 2.14. The summed E-state index contributed by atoms with van der Waals surface area (Å²) in [4.78, 5) is 13.9. The fraction of sp³-hybridized carbons (Fsp3) is 0.316. The number of rotatable bonds is 7. The molecule has 0 aliphatic heterocycles. The normalized spacial score (nSPS) is 10.4. The highest BCUT2D eigenvalue weighted by atomic mass is 35.5. The average molecular weight is 332 g/mol. The summed E-state index contributed by atoms with van der Waals surface area (Å²) in [5, 5.41) is 0.670. The molecule has 0 amide bonds. The Morgan fingerprint density at radius 1 is 1.00 bits per heavy atom. The quantitative estimate of drug-likeness (QED) is 0.669. The molecule has 2 aromatic rings. The van der Waals surface area contributed by atoms with Crippen LogP contribution in [0.3, 0.4) is 0 Å². The second-order valence-electron chi connectivity index (χ2n) is 5.28. The molecule has 0 saturated carbocycles. The number of ether oxygens (including phenoxy) is 1. The monoisotopic (exact) mass is 331 g/mol. The Balaban J connectivity index is 2.28. The number of hydrogen-bond acceptors (Lipinski definition) is 3. The van der Waals surface area contributed by atoms with Crippen LogP contribution in [0.4, 0.5) is 11.4 Å². The number of esters is 1. The third kappa shape index (κ3) is 5.00. The zero-order valence-electron chi connectivity index (χ0n) is 13.6. The number of benzene rings is 2. The van der Waals surface area contributed by atoms with Gasteiger partial charge in [0.1, 0.15) is 6.54 Å². The molecule has 0 atom stereocenters. The first-order valence-corrected chi connectivity index (χ1v) is 8.29. The van der Waals surface area contributed by atoms with Gasteiger partial charge >= 0.3 is 5.97 Å². The minimum absolute atomic E-state index is 0.169. The van der Waals surface area contributed by atoms with Crippen molar-refractivity contribution in [3.05, 3.63) is 59.1 Å². The summed E-state index contributed by atoms with van der Waals surface area (Å²) in [7, 11) is 0. The molecular weight excluding hydrogens is 310 g/mol. The van der Waals surface area contributed by atoms with Gasteiger partial charge in [0.15, 0.2) is 0 Å². The number of carbonyl (C=O) groups excluding carboxylic acids is 1. The van der Waals surface area contributed by atoms with Crippen LogP contribution >= 0.6 is 11.6 Å². The second kappa shape index (κ2) is 8.59. The molecule has 0 spiro atoms. The number of halogens is 1. The molecule has 0 radical (unpaired) electrons. The molecule has 23 heavy (non-hydrogen) atoms. The third-order valence-electron chi connectivity index (χ3n) is 3.52. The predicted molar refractivity (Wildman–Crippen MR) is 95.5 cm³/mol. The average Bonchev–Trinajstić information content (AvgIpc) is 2.55. The van der Waals surface area contributed by atoms with Crippen LogP contribution in [-0.4, -0.2) is 19.1 Å². The van der Waals surface area contributed by atoms with Crippen LogP contribution in [0, 0.1) is 0 Å². The molecule has 2 rings (SSSR count). The summed E-state index contributed by atoms with van der Waals surface area (Å²) < 4.78 is 5.09. The van der Waals surface area contributed by atoms with Crippen LogP contribution in [0.25, 0.3) is 0 Å². The van der Waals surface area contributed by atoms with E-state index >= 15 is 0 Å². The lowest BCUT2D eigenvalue weighted by Crippen LogP contribution is -2.26. The van der Waals surface area contributed by atoms with Crippen LogP contribution in [0.5, 0.6) is 0 Å². The predicted octanol–water partition coefficient (Wildman–Crippen LogP) is 4.99. The van der Waals surface area contributed by atoms with Gasteiger partial charge < -0.3 is 9.64 Å². The molecule has 0 aliphatic rings. The molecule has 0 saturated heterocycles. The van der Waals surface area contributed by atoms with E-state index in [0.29, 0.717) is 11.6 Å². The van der Waals surface area contributed by atoms with E-state index in [0.717, 1.165) is 24.2 Å². The highest BCUT2D eigenvalue weighted by Crippen LogP contribution is 2.27. The highest BCUT2D eigenvalue weighted by molar-refractivity contribution is 6.30. The molecule has 0 heterocycles. The topological polar surface area (TPSA) is 29.5 Å². The molecule has 0 bridgehead atoms. The van der Waals surface area contributed by atoms with Crippen LogP contribution < -0.4 is 4.90 Å². The van der Waals surface area contributed by atoms with E-state index in [1.54, 1.807) is 0 Å². The van der Waals surface area contributed by atoms with Crippen molar-refractivity contribution in [2.24, 2.45) is 0 Å². The van der Waals surface area contributed by atoms with Crippen LogP contribution in [0.15, 0.2) is 48.5 Å². The summed E-state index contributed by atoms with van der Waals surface area (Å²) in [6.07, 6.45) is 2.17. The van der Waals surface area contributed by atoms with Crippen LogP contribution in [0.2, 0.25) is 5.02 Å². The fourth-order valence-electron chi connectivity index (χ4n) is 2.42. The van der Waals surface area contributed by atoms with Gasteiger partial charge in [0.25, 0.3) is 0 Å². The Bertz CT molecular complexity index is 623. The van der Waals surface area contributed by atoms with E-state index < -0.39 is 0 Å². The molecule has 122 valence electrons. The smallest absolute Gasteiger partial charge is 0.325 e. The summed E-state index contributed by atoms with van der Waals surface area (Å²) in [5.41, 5.74) is 3.16. The van der Waals surface area contributed by atoms with E-state index in [1.165, 1.54) is 5.56 Å². The number of nitrogens with zero attached hydrogens (tertiary/aromatic N) is 1. The Labute approximate surface area is 142 Å². The van der Waals surface area contributed by atoms with Gasteiger partial charge in [-0.2, -0.15) is 0 Å². The Kier molecular flexibility index (Phi) is 6.48. The van der Waals surface area contributed by atoms with E-state index in [2.05, 4.69) is 19.1 Å². The van der Waals surface area contributed by atoms with E-state index in [9.17, 15) is 4.79 Å². The molecular formula is C19H22ClNO2. The lowest BCUT2D eigenvalue weighted by atomic mass is 10.1. The van der Waals surface area contributed by atoms with E-state index in [4.69, 9.17) is 16.3 Å². The lowest BCUT2D eigenvalue weighted by Gasteiger charge is -2.24. The maximum atomic E-state index is 11.9. The van der Waals surface area contributed by atoms with Crippen LogP contribution in [0.1, 0.15) is 25.8 Å². The third-order valence-corrected chi connectivity index (χ3v) is 3.77. The summed E-state index contributed by atoms with van der Waals surface area (Å²) >= 11 is 5.96. The molecule has 0 aliphatic carbocycles. The van der Waals surface area contributed by atoms with Crippen molar-refractivity contribution in [1.29, 1.82) is 0 Å². The molecule has 4 heteroatoms. The van der Waals surface area contributed by atoms with Gasteiger partial charge in [0, 0.05) is 16.4 Å². The lowest BCUT2D eigenvalue weighted by molar-refractivity contribution is -0.141. The zero-order valence-corrected chi connectivity index (χ0v) is 14.3. The molecule has 0 N–H and O–H groups in total. The number of hydrogen-bond donors (Lipinski definition) is 0. The zero-order chi connectivity index (χ0) is 16.7. The first-order valence-electron chi connectivity index (χ1n) is 7.91. The first-order chi connectivity index (χ1) is 11.1. The Morgan fingerprint density at radius 3 is 2.09 bits per heavy atom. The van der Waals surface area contributed by atoms with Crippen molar-refractivity contribution in [3.63, 3.8) is 0 Å². The van der Waals surface area contributed by atoms with Gasteiger partial charge in [-0.15, -0.1) is 0 Å². The molecule has 0 aromatic heterocycles. The maximum absolute atomic E-state index is 11.9. The molecule has 0 unspecified atom stereocenters. The van der Waals surface area contributed by atoms with Crippen molar-refractivity contribution < 1.29 is 9.53 Å². The van der Waals surface area contributed by atoms with Crippen molar-refractivity contribution in [3.8, 4) is 0 Å². The van der Waals surface area contributed by atoms with Crippen molar-refractivity contribution >= 4 is 28.9 Å². The van der Waals surface area contributed by atoms with Gasteiger partial charge in [-0.3, -0.25) is 4.79 Å². The van der Waals surface area contributed by atoms with Crippen molar-refractivity contribution in [2.75, 3.05) is 18.1 Å². The second-order valence-corrected chi connectivity index (χ2v) is 5.72. The van der Waals surface area contributed by atoms with Crippen molar-refractivity contribution in [1.82, 2.24) is 0 Å². The van der Waals surface area contributed by atoms with Gasteiger partial charge in [-0.25, -0.2) is 0 Å². The Hall–Kier alpha value is -2.00. The van der Waals surface area contributed by atoms with Gasteiger partial charge in [-0.05, 0) is 55.3 Å². The van der Waals surface area contributed by atoms with Crippen molar-refractivity contribution in [2.45, 2.75) is 26.7 Å². The van der Waals surface area contributed by atoms with E-state index in [1.807, 2.05) is 48.2 Å². The van der Waals surface area contributed by atoms with Crippen LogP contribution in [-0.2, 0) is 16.0 Å². The number of aryl methyl sites for hydroxylation is 1. The molecule has 3 nitrogen and oxygen atoms in total. The summed E-state index contributed by atoms with van der Waals surface area (Å²) in [6.45, 7) is 4.52. The minimum atomic E-state index is -0.250. The SMILES string of the molecule is CCCc1ccc(N(CC(=O)OCC)c2ccc(Cl)cc2)cc1. The Morgan fingerprint density at radius 2 is 1.57 bits per heavy atom. The van der Waals surface area contributed by atoms with E-state index in [-0.39, 0.29) is 12.5 Å². The van der Waals surface area contributed by atoms with Gasteiger partial charge in [0.05, 0.1) is 6.61 Å². The molecule has 0 fully saturated rings. The largest absolute Gasteiger partial charge is 0.465 e. The fourth-order valence-corrected chi connectivity index (χ4v) is 2.55. The standard InChI is InChI=1S/C19H22ClNO2/c1-3-5-15-6-10-17(11-7-15)21(14-19(22)23-4-2)18-12-8-16(20)9-13-18/h6-13H,3-5,14H2,1-2H3. The van der Waals surface area contributed by atoms with Gasteiger partial charge in [0.2, 0.25) is 0 Å². The number of carbonyl (C=O) groups is 1. The van der Waals surface area contributed by atoms with Gasteiger partial charge in [-0.1, -0.05) is 37.1 Å². The summed E-state index contributed by atoms with van der Waals surface area (Å²) in [5.74, 6) is -0.250. The first kappa shape index (κ1) is 17.4. The number of anilines is 2. The minimum Gasteiger partial charge on any atom is -0.465 e. The molecule has 2 aromatic carbocycles.